The lowest BCUT2D eigenvalue weighted by atomic mass is 9.84. The molecule has 1 unspecified atom stereocenters. The van der Waals surface area contributed by atoms with Gasteiger partial charge in [-0.1, -0.05) is 26.8 Å². The third-order valence-electron chi connectivity index (χ3n) is 2.91. The van der Waals surface area contributed by atoms with E-state index < -0.39 is 23.6 Å². The number of nitrogens with one attached hydrogen (secondary N) is 1. The van der Waals surface area contributed by atoms with Crippen molar-refractivity contribution in [2.24, 2.45) is 11.3 Å². The summed E-state index contributed by atoms with van der Waals surface area (Å²) in [6, 6.07) is 4.14. The summed E-state index contributed by atoms with van der Waals surface area (Å²) in [6.07, 6.45) is 0.437. The number of benzene rings is 1. The summed E-state index contributed by atoms with van der Waals surface area (Å²) in [6.45, 7) is 5.82. The molecule has 0 aliphatic rings. The van der Waals surface area contributed by atoms with Gasteiger partial charge in [0, 0.05) is 6.54 Å². The van der Waals surface area contributed by atoms with E-state index in [4.69, 9.17) is 0 Å². The van der Waals surface area contributed by atoms with E-state index in [9.17, 15) is 19.1 Å². The van der Waals surface area contributed by atoms with Gasteiger partial charge in [0.15, 0.2) is 0 Å². The summed E-state index contributed by atoms with van der Waals surface area (Å²) in [5.41, 5.74) is -0.0114. The molecule has 0 saturated heterocycles. The zero-order chi connectivity index (χ0) is 16.2. The van der Waals surface area contributed by atoms with Gasteiger partial charge in [-0.2, -0.15) is 0 Å². The van der Waals surface area contributed by atoms with E-state index in [1.165, 1.54) is 18.2 Å². The molecule has 1 atom stereocenters. The fraction of sp³-hybridized carbons (Fsp3) is 0.467. The van der Waals surface area contributed by atoms with Crippen LogP contribution in [0.4, 0.5) is 4.39 Å². The molecular weight excluding hydrogens is 341 g/mol. The van der Waals surface area contributed by atoms with Crippen LogP contribution < -0.4 is 5.32 Å². The molecule has 0 heterocycles. The van der Waals surface area contributed by atoms with Crippen molar-refractivity contribution >= 4 is 27.8 Å². The van der Waals surface area contributed by atoms with E-state index >= 15 is 0 Å². The molecule has 1 rings (SSSR count). The molecular formula is C15H19BrFNO3. The van der Waals surface area contributed by atoms with Crippen LogP contribution >= 0.6 is 15.9 Å². The topological polar surface area (TPSA) is 66.4 Å². The van der Waals surface area contributed by atoms with Gasteiger partial charge in [-0.15, -0.1) is 0 Å². The summed E-state index contributed by atoms with van der Waals surface area (Å²) in [4.78, 5) is 23.2. The third-order valence-corrected chi connectivity index (χ3v) is 3.72. The Labute approximate surface area is 131 Å². The highest BCUT2D eigenvalue weighted by molar-refractivity contribution is 9.10. The van der Waals surface area contributed by atoms with Crippen LogP contribution in [0.15, 0.2) is 22.7 Å². The minimum absolute atomic E-state index is 0.00832. The summed E-state index contributed by atoms with van der Waals surface area (Å²) < 4.78 is 13.4. The van der Waals surface area contributed by atoms with Gasteiger partial charge >= 0.3 is 5.97 Å². The highest BCUT2D eigenvalue weighted by Gasteiger charge is 2.25. The second kappa shape index (κ2) is 7.02. The number of carboxylic acid groups (broad SMARTS) is 1. The number of hydrogen-bond donors (Lipinski definition) is 2. The van der Waals surface area contributed by atoms with E-state index in [-0.39, 0.29) is 22.0 Å². The lowest BCUT2D eigenvalue weighted by Crippen LogP contribution is -2.35. The number of rotatable bonds is 5. The fourth-order valence-corrected chi connectivity index (χ4v) is 2.42. The summed E-state index contributed by atoms with van der Waals surface area (Å²) in [7, 11) is 0. The number of hydrogen-bond acceptors (Lipinski definition) is 2. The molecule has 6 heteroatoms. The van der Waals surface area contributed by atoms with Gasteiger partial charge in [0.05, 0.1) is 16.0 Å². The van der Waals surface area contributed by atoms with Crippen molar-refractivity contribution in [1.29, 1.82) is 0 Å². The summed E-state index contributed by atoms with van der Waals surface area (Å²) >= 11 is 3.01. The van der Waals surface area contributed by atoms with E-state index in [2.05, 4.69) is 21.2 Å². The Hall–Kier alpha value is -1.43. The van der Waals surface area contributed by atoms with Gasteiger partial charge < -0.3 is 10.4 Å². The Morgan fingerprint density at radius 2 is 2.00 bits per heavy atom. The smallest absolute Gasteiger partial charge is 0.308 e. The zero-order valence-electron chi connectivity index (χ0n) is 12.2. The maximum Gasteiger partial charge on any atom is 0.308 e. The normalized spacial score (nSPS) is 12.8. The van der Waals surface area contributed by atoms with Gasteiger partial charge in [-0.3, -0.25) is 9.59 Å². The average Bonchev–Trinajstić information content (AvgIpc) is 2.35. The standard InChI is InChI=1S/C15H19BrFNO3/c1-15(2,3)7-9(14(20)21)8-18-13(19)10-5-4-6-11(17)12(10)16/h4-6,9H,7-8H2,1-3H3,(H,18,19)(H,20,21). The number of aliphatic carboxylic acids is 1. The second-order valence-corrected chi connectivity index (χ2v) is 6.90. The number of carbonyl (C=O) groups excluding carboxylic acids is 1. The molecule has 4 nitrogen and oxygen atoms in total. The Morgan fingerprint density at radius 1 is 1.38 bits per heavy atom. The van der Waals surface area contributed by atoms with E-state index in [0.717, 1.165) is 0 Å². The molecule has 1 aromatic carbocycles. The highest BCUT2D eigenvalue weighted by atomic mass is 79.9. The summed E-state index contributed by atoms with van der Waals surface area (Å²) in [5.74, 6) is -2.67. The van der Waals surface area contributed by atoms with Crippen LogP contribution in [-0.4, -0.2) is 23.5 Å². The van der Waals surface area contributed by atoms with Crippen molar-refractivity contribution < 1.29 is 19.1 Å². The van der Waals surface area contributed by atoms with Crippen molar-refractivity contribution in [2.45, 2.75) is 27.2 Å². The average molecular weight is 360 g/mol. The fourth-order valence-electron chi connectivity index (χ4n) is 1.98. The number of carbonyl (C=O) groups is 2. The number of halogens is 2. The monoisotopic (exact) mass is 359 g/mol. The maximum atomic E-state index is 13.4. The lowest BCUT2D eigenvalue weighted by Gasteiger charge is -2.23. The van der Waals surface area contributed by atoms with Crippen molar-refractivity contribution in [3.63, 3.8) is 0 Å². The Balaban J connectivity index is 2.74. The van der Waals surface area contributed by atoms with E-state index in [1.807, 2.05) is 20.8 Å². The molecule has 1 aromatic rings. The predicted octanol–water partition coefficient (Wildman–Crippen LogP) is 3.46. The Bertz CT molecular complexity index is 540. The molecule has 0 aliphatic heterocycles. The van der Waals surface area contributed by atoms with E-state index in [1.54, 1.807) is 0 Å². The summed E-state index contributed by atoms with van der Waals surface area (Å²) in [5, 5.41) is 11.8. The van der Waals surface area contributed by atoms with Gasteiger partial charge in [-0.25, -0.2) is 4.39 Å². The van der Waals surface area contributed by atoms with Crippen LogP contribution in [0.5, 0.6) is 0 Å². The van der Waals surface area contributed by atoms with Gasteiger partial charge in [0.25, 0.3) is 5.91 Å². The van der Waals surface area contributed by atoms with Crippen molar-refractivity contribution in [3.05, 3.63) is 34.1 Å². The maximum absolute atomic E-state index is 13.4. The predicted molar refractivity (Wildman–Crippen MR) is 81.6 cm³/mol. The van der Waals surface area contributed by atoms with Crippen molar-refractivity contribution in [2.75, 3.05) is 6.54 Å². The highest BCUT2D eigenvalue weighted by Crippen LogP contribution is 2.25. The SMILES string of the molecule is CC(C)(C)CC(CNC(=O)c1cccc(F)c1Br)C(=O)O. The van der Waals surface area contributed by atoms with Crippen LogP contribution in [-0.2, 0) is 4.79 Å². The van der Waals surface area contributed by atoms with Crippen molar-refractivity contribution in [1.82, 2.24) is 5.32 Å². The number of carboxylic acids is 1. The minimum Gasteiger partial charge on any atom is -0.481 e. The zero-order valence-corrected chi connectivity index (χ0v) is 13.8. The van der Waals surface area contributed by atoms with Gasteiger partial charge in [0.1, 0.15) is 5.82 Å². The molecule has 0 fully saturated rings. The van der Waals surface area contributed by atoms with Crippen LogP contribution in [0, 0.1) is 17.2 Å². The Kier molecular flexibility index (Phi) is 5.89. The van der Waals surface area contributed by atoms with Crippen LogP contribution in [0.25, 0.3) is 0 Å². The van der Waals surface area contributed by atoms with Gasteiger partial charge in [0.2, 0.25) is 0 Å². The largest absolute Gasteiger partial charge is 0.481 e. The molecule has 0 bridgehead atoms. The van der Waals surface area contributed by atoms with Crippen LogP contribution in [0.3, 0.4) is 0 Å². The molecule has 0 spiro atoms. The molecule has 0 aromatic heterocycles. The minimum atomic E-state index is -0.955. The molecule has 0 aliphatic carbocycles. The first-order chi connectivity index (χ1) is 9.61. The molecule has 1 amide bonds. The van der Waals surface area contributed by atoms with E-state index in [0.29, 0.717) is 6.42 Å². The molecule has 116 valence electrons. The first kappa shape index (κ1) is 17.6. The van der Waals surface area contributed by atoms with Crippen molar-refractivity contribution in [3.8, 4) is 0 Å². The van der Waals surface area contributed by atoms with Crippen LogP contribution in [0.1, 0.15) is 37.6 Å². The first-order valence-corrected chi connectivity index (χ1v) is 7.36. The molecule has 0 saturated carbocycles. The molecule has 21 heavy (non-hydrogen) atoms. The molecule has 2 N–H and O–H groups in total. The molecule has 0 radical (unpaired) electrons. The Morgan fingerprint density at radius 3 is 2.52 bits per heavy atom. The first-order valence-electron chi connectivity index (χ1n) is 6.57. The van der Waals surface area contributed by atoms with Crippen LogP contribution in [0.2, 0.25) is 0 Å². The quantitative estimate of drug-likeness (QED) is 0.845. The third kappa shape index (κ3) is 5.46. The number of amides is 1. The second-order valence-electron chi connectivity index (χ2n) is 6.11. The van der Waals surface area contributed by atoms with Gasteiger partial charge in [-0.05, 0) is 39.9 Å². The lowest BCUT2D eigenvalue weighted by molar-refractivity contribution is -0.142.